The van der Waals surface area contributed by atoms with E-state index in [0.717, 1.165) is 10.5 Å². The number of carboxylic acid groups (broad SMARTS) is 1. The number of hydrogen-bond donors (Lipinski definition) is 1. The van der Waals surface area contributed by atoms with E-state index in [-0.39, 0.29) is 18.2 Å². The fourth-order valence-corrected chi connectivity index (χ4v) is 3.87. The molecule has 0 saturated heterocycles. The number of rotatable bonds is 8. The van der Waals surface area contributed by atoms with Gasteiger partial charge in [-0.1, -0.05) is 44.2 Å². The molecule has 1 aromatic rings. The van der Waals surface area contributed by atoms with Crippen molar-refractivity contribution in [3.63, 3.8) is 0 Å². The molecule has 23 heavy (non-hydrogen) atoms. The molecule has 0 bridgehead atoms. The van der Waals surface area contributed by atoms with Gasteiger partial charge < -0.3 is 10.0 Å². The Labute approximate surface area is 137 Å². The van der Waals surface area contributed by atoms with Crippen molar-refractivity contribution in [2.24, 2.45) is 5.92 Å². The van der Waals surface area contributed by atoms with Crippen LogP contribution in [0.3, 0.4) is 0 Å². The predicted molar refractivity (Wildman–Crippen MR) is 87.6 cm³/mol. The fraction of sp³-hybridized carbons (Fsp3) is 0.500. The Morgan fingerprint density at radius 2 is 1.70 bits per heavy atom. The van der Waals surface area contributed by atoms with Gasteiger partial charge in [0.15, 0.2) is 9.84 Å². The first-order chi connectivity index (χ1) is 10.6. The second kappa shape index (κ2) is 8.10. The van der Waals surface area contributed by atoms with Gasteiger partial charge in [0.25, 0.3) is 0 Å². The molecule has 0 fully saturated rings. The number of sulfone groups is 1. The van der Waals surface area contributed by atoms with Gasteiger partial charge in [-0.3, -0.25) is 4.79 Å². The second-order valence-electron chi connectivity index (χ2n) is 5.97. The molecule has 0 saturated carbocycles. The summed E-state index contributed by atoms with van der Waals surface area (Å²) in [4.78, 5) is 24.7. The summed E-state index contributed by atoms with van der Waals surface area (Å²) in [7, 11) is -3.56. The van der Waals surface area contributed by atoms with Crippen molar-refractivity contribution < 1.29 is 23.1 Å². The number of hydrogen-bond acceptors (Lipinski definition) is 4. The maximum Gasteiger partial charge on any atom is 0.326 e. The van der Waals surface area contributed by atoms with E-state index in [4.69, 9.17) is 0 Å². The molecule has 1 unspecified atom stereocenters. The molecule has 0 aliphatic carbocycles. The zero-order valence-corrected chi connectivity index (χ0v) is 14.4. The highest BCUT2D eigenvalue weighted by molar-refractivity contribution is 7.92. The number of aliphatic carboxylic acids is 1. The molecule has 0 aromatic heterocycles. The van der Waals surface area contributed by atoms with Crippen molar-refractivity contribution in [1.82, 2.24) is 4.90 Å². The SMILES string of the molecule is CC(C)CS(=O)(=O)CC(=O)N(Cc1ccccc1)C(C)C(=O)O. The molecule has 0 heterocycles. The Morgan fingerprint density at radius 3 is 2.17 bits per heavy atom. The zero-order chi connectivity index (χ0) is 17.6. The molecule has 0 spiro atoms. The molecular weight excluding hydrogens is 318 g/mol. The van der Waals surface area contributed by atoms with E-state index in [1.807, 2.05) is 6.07 Å². The van der Waals surface area contributed by atoms with E-state index in [9.17, 15) is 23.1 Å². The van der Waals surface area contributed by atoms with Gasteiger partial charge in [0.1, 0.15) is 11.8 Å². The van der Waals surface area contributed by atoms with Gasteiger partial charge in [0.05, 0.1) is 5.75 Å². The lowest BCUT2D eigenvalue weighted by Gasteiger charge is -2.26. The van der Waals surface area contributed by atoms with Crippen molar-refractivity contribution in [2.45, 2.75) is 33.4 Å². The topological polar surface area (TPSA) is 91.8 Å². The van der Waals surface area contributed by atoms with E-state index in [1.165, 1.54) is 6.92 Å². The minimum Gasteiger partial charge on any atom is -0.480 e. The quantitative estimate of drug-likeness (QED) is 0.775. The van der Waals surface area contributed by atoms with Gasteiger partial charge in [-0.05, 0) is 18.4 Å². The molecule has 1 amide bonds. The summed E-state index contributed by atoms with van der Waals surface area (Å²) < 4.78 is 24.0. The van der Waals surface area contributed by atoms with Gasteiger partial charge in [0, 0.05) is 6.54 Å². The highest BCUT2D eigenvalue weighted by Gasteiger charge is 2.29. The molecule has 1 aromatic carbocycles. The molecule has 0 aliphatic rings. The number of carboxylic acids is 1. The first-order valence-corrected chi connectivity index (χ1v) is 9.21. The summed E-state index contributed by atoms with van der Waals surface area (Å²) in [5, 5.41) is 9.18. The van der Waals surface area contributed by atoms with E-state index >= 15 is 0 Å². The normalized spacial score (nSPS) is 12.9. The lowest BCUT2D eigenvalue weighted by molar-refractivity contribution is -0.149. The van der Waals surface area contributed by atoms with Crippen LogP contribution >= 0.6 is 0 Å². The van der Waals surface area contributed by atoms with E-state index in [0.29, 0.717) is 0 Å². The Morgan fingerprint density at radius 1 is 1.13 bits per heavy atom. The van der Waals surface area contributed by atoms with E-state index in [1.54, 1.807) is 38.1 Å². The lowest BCUT2D eigenvalue weighted by Crippen LogP contribution is -2.45. The molecule has 1 N–H and O–H groups in total. The van der Waals surface area contributed by atoms with Crippen molar-refractivity contribution >= 4 is 21.7 Å². The van der Waals surface area contributed by atoms with Crippen LogP contribution in [0.25, 0.3) is 0 Å². The van der Waals surface area contributed by atoms with Crippen LogP contribution in [0.1, 0.15) is 26.3 Å². The monoisotopic (exact) mass is 341 g/mol. The molecule has 1 atom stereocenters. The first-order valence-electron chi connectivity index (χ1n) is 7.39. The number of nitrogens with zero attached hydrogens (tertiary/aromatic N) is 1. The van der Waals surface area contributed by atoms with Crippen LogP contribution in [0, 0.1) is 5.92 Å². The summed E-state index contributed by atoms with van der Waals surface area (Å²) >= 11 is 0. The predicted octanol–water partition coefficient (Wildman–Crippen LogP) is 1.56. The van der Waals surface area contributed by atoms with Crippen molar-refractivity contribution in [2.75, 3.05) is 11.5 Å². The summed E-state index contributed by atoms with van der Waals surface area (Å²) in [5.41, 5.74) is 0.746. The zero-order valence-electron chi connectivity index (χ0n) is 13.6. The van der Waals surface area contributed by atoms with Crippen LogP contribution in [0.4, 0.5) is 0 Å². The Kier molecular flexibility index (Phi) is 6.75. The van der Waals surface area contributed by atoms with Crippen LogP contribution in [0.2, 0.25) is 0 Å². The second-order valence-corrected chi connectivity index (χ2v) is 8.08. The van der Waals surface area contributed by atoms with Gasteiger partial charge in [0.2, 0.25) is 5.91 Å². The summed E-state index contributed by atoms with van der Waals surface area (Å²) in [6, 6.07) is 7.79. The Hall–Kier alpha value is -1.89. The standard InChI is InChI=1S/C16H23NO5S/c1-12(2)10-23(21,22)11-15(18)17(13(3)16(19)20)9-14-7-5-4-6-8-14/h4-8,12-13H,9-11H2,1-3H3,(H,19,20). The molecule has 6 nitrogen and oxygen atoms in total. The van der Waals surface area contributed by atoms with E-state index in [2.05, 4.69) is 0 Å². The van der Waals surface area contributed by atoms with Gasteiger partial charge in [-0.2, -0.15) is 0 Å². The Balaban J connectivity index is 2.95. The Bertz CT molecular complexity index is 640. The number of carbonyl (C=O) groups excluding carboxylic acids is 1. The van der Waals surface area contributed by atoms with Crippen LogP contribution in [0.5, 0.6) is 0 Å². The maximum absolute atomic E-state index is 12.4. The minimum atomic E-state index is -3.56. The van der Waals surface area contributed by atoms with Crippen molar-refractivity contribution in [1.29, 1.82) is 0 Å². The van der Waals surface area contributed by atoms with Crippen LogP contribution in [-0.2, 0) is 26.0 Å². The summed E-state index contributed by atoms with van der Waals surface area (Å²) in [5.74, 6) is -2.72. The smallest absolute Gasteiger partial charge is 0.326 e. The molecule has 1 rings (SSSR count). The molecule has 0 radical (unpaired) electrons. The average molecular weight is 341 g/mol. The van der Waals surface area contributed by atoms with Gasteiger partial charge >= 0.3 is 5.97 Å². The van der Waals surface area contributed by atoms with Gasteiger partial charge in [-0.25, -0.2) is 13.2 Å². The van der Waals surface area contributed by atoms with E-state index < -0.39 is 33.5 Å². The van der Waals surface area contributed by atoms with Gasteiger partial charge in [-0.15, -0.1) is 0 Å². The maximum atomic E-state index is 12.4. The lowest BCUT2D eigenvalue weighted by atomic mass is 10.2. The third-order valence-electron chi connectivity index (χ3n) is 3.27. The molecule has 7 heteroatoms. The molecular formula is C16H23NO5S. The molecule has 128 valence electrons. The van der Waals surface area contributed by atoms with Crippen LogP contribution in [-0.4, -0.2) is 47.8 Å². The number of carbonyl (C=O) groups is 2. The van der Waals surface area contributed by atoms with Crippen LogP contribution < -0.4 is 0 Å². The largest absolute Gasteiger partial charge is 0.480 e. The first kappa shape index (κ1) is 19.2. The number of benzene rings is 1. The third kappa shape index (κ3) is 6.40. The van der Waals surface area contributed by atoms with Crippen molar-refractivity contribution in [3.8, 4) is 0 Å². The fourth-order valence-electron chi connectivity index (χ4n) is 2.19. The summed E-state index contributed by atoms with van der Waals surface area (Å²) in [6.45, 7) is 4.94. The summed E-state index contributed by atoms with van der Waals surface area (Å²) in [6.07, 6.45) is 0. The highest BCUT2D eigenvalue weighted by Crippen LogP contribution is 2.11. The molecule has 0 aliphatic heterocycles. The number of amides is 1. The van der Waals surface area contributed by atoms with Crippen LogP contribution in [0.15, 0.2) is 30.3 Å². The third-order valence-corrected chi connectivity index (χ3v) is 5.13. The average Bonchev–Trinajstić information content (AvgIpc) is 2.42. The van der Waals surface area contributed by atoms with Crippen molar-refractivity contribution in [3.05, 3.63) is 35.9 Å². The minimum absolute atomic E-state index is 0.0599. The highest BCUT2D eigenvalue weighted by atomic mass is 32.2.